The number of phenolic OH excluding ortho intramolecular Hbond substituents is 1. The van der Waals surface area contributed by atoms with Crippen molar-refractivity contribution in [2.45, 2.75) is 96.2 Å². The summed E-state index contributed by atoms with van der Waals surface area (Å²) in [6, 6.07) is 23.5. The third-order valence-electron chi connectivity index (χ3n) is 16.3. The van der Waals surface area contributed by atoms with Crippen LogP contribution in [0.25, 0.3) is 11.3 Å². The van der Waals surface area contributed by atoms with Gasteiger partial charge in [-0.2, -0.15) is 14.0 Å². The van der Waals surface area contributed by atoms with Crippen molar-refractivity contribution in [2.75, 3.05) is 70.5 Å². The maximum absolute atomic E-state index is 15.7. The van der Waals surface area contributed by atoms with Crippen LogP contribution in [-0.2, 0) is 48.9 Å². The summed E-state index contributed by atoms with van der Waals surface area (Å²) in [4.78, 5) is 55.7. The number of anilines is 1. The van der Waals surface area contributed by atoms with Gasteiger partial charge >= 0.3 is 0 Å². The van der Waals surface area contributed by atoms with Gasteiger partial charge in [0.15, 0.2) is 0 Å². The average Bonchev–Trinajstić information content (AvgIpc) is 4.16. The summed E-state index contributed by atoms with van der Waals surface area (Å²) in [6.45, 7) is 8.18. The molecule has 10 rings (SSSR count). The van der Waals surface area contributed by atoms with Crippen LogP contribution in [0.3, 0.4) is 0 Å². The first kappa shape index (κ1) is 51.8. The molecule has 3 fully saturated rings. The number of halogens is 3. The summed E-state index contributed by atoms with van der Waals surface area (Å²) in [6.07, 6.45) is 3.17. The molecule has 4 atom stereocenters. The van der Waals surface area contributed by atoms with Crippen molar-refractivity contribution in [1.29, 1.82) is 5.26 Å². The normalized spacial score (nSPS) is 21.3. The number of fused-ring (bicyclic) bond motifs is 2. The quantitative estimate of drug-likeness (QED) is 0.111. The maximum Gasteiger partial charge on any atom is 0.296 e. The Morgan fingerprint density at radius 1 is 0.880 bits per heavy atom. The van der Waals surface area contributed by atoms with Gasteiger partial charge in [-0.25, -0.2) is 9.29 Å². The van der Waals surface area contributed by atoms with Crippen LogP contribution >= 0.6 is 0 Å². The van der Waals surface area contributed by atoms with E-state index >= 15 is 14.0 Å². The Labute approximate surface area is 436 Å². The minimum Gasteiger partial charge on any atom is -0.508 e. The van der Waals surface area contributed by atoms with Crippen molar-refractivity contribution in [3.63, 3.8) is 0 Å². The predicted octanol–water partition coefficient (Wildman–Crippen LogP) is 7.57. The number of alkyl halides is 2. The third-order valence-corrected chi connectivity index (χ3v) is 16.3. The molecular formula is C58H65F3N8O6. The lowest BCUT2D eigenvalue weighted by molar-refractivity contribution is -0.131. The fraction of sp³-hybridized carbons (Fsp3) is 0.448. The molecule has 4 aromatic carbocycles. The zero-order valence-electron chi connectivity index (χ0n) is 42.9. The molecule has 5 aromatic rings. The van der Waals surface area contributed by atoms with Gasteiger partial charge in [-0.05, 0) is 135 Å². The number of nitriles is 1. The number of aromatic hydroxyl groups is 1. The monoisotopic (exact) mass is 1030 g/mol. The molecule has 17 heteroatoms. The van der Waals surface area contributed by atoms with E-state index < -0.39 is 36.4 Å². The number of hydrogen-bond acceptors (Lipinski definition) is 10. The highest BCUT2D eigenvalue weighted by Gasteiger charge is 2.48. The van der Waals surface area contributed by atoms with Gasteiger partial charge in [0.2, 0.25) is 5.91 Å². The Hall–Kier alpha value is -6.71. The number of hydrogen-bond donors (Lipinski definition) is 1. The van der Waals surface area contributed by atoms with Gasteiger partial charge in [0.1, 0.15) is 30.0 Å². The zero-order valence-corrected chi connectivity index (χ0v) is 42.9. The number of amides is 3. The van der Waals surface area contributed by atoms with Gasteiger partial charge in [0.25, 0.3) is 18.4 Å². The van der Waals surface area contributed by atoms with Gasteiger partial charge in [0.05, 0.1) is 37.3 Å². The Bertz CT molecular complexity index is 2970. The van der Waals surface area contributed by atoms with Crippen LogP contribution in [0.4, 0.5) is 18.9 Å². The SMILES string of the molecule is Cc1c(C(=O)N(c2ccc(O)cc2)C2CC(C#N)N(C(F)F)C2C)cc(-c2cc3c(cc2C(=O)N2Cc4ccccc4C[C@H]2CN2CCCC2)CN(C(=O)Cc2ccc(OCCN4CCOCC4)cc2F)CC3)n1C. The fourth-order valence-electron chi connectivity index (χ4n) is 11.9. The second kappa shape index (κ2) is 22.2. The summed E-state index contributed by atoms with van der Waals surface area (Å²) in [7, 11) is 1.83. The summed E-state index contributed by atoms with van der Waals surface area (Å²) >= 11 is 0. The van der Waals surface area contributed by atoms with Crippen molar-refractivity contribution in [1.82, 2.24) is 29.1 Å². The number of ether oxygens (including phenoxy) is 2. The molecule has 0 spiro atoms. The first-order valence-corrected chi connectivity index (χ1v) is 26.3. The molecule has 75 heavy (non-hydrogen) atoms. The van der Waals surface area contributed by atoms with E-state index in [-0.39, 0.29) is 54.1 Å². The largest absolute Gasteiger partial charge is 0.508 e. The van der Waals surface area contributed by atoms with Crippen LogP contribution in [0.5, 0.6) is 11.5 Å². The molecule has 6 heterocycles. The van der Waals surface area contributed by atoms with Crippen LogP contribution in [-0.4, -0.2) is 148 Å². The van der Waals surface area contributed by atoms with Crippen molar-refractivity contribution in [3.05, 3.63) is 135 Å². The summed E-state index contributed by atoms with van der Waals surface area (Å²) in [5.74, 6) is -1.07. The number of morpholine rings is 1. The number of carbonyl (C=O) groups is 3. The average molecular weight is 1030 g/mol. The van der Waals surface area contributed by atoms with Crippen LogP contribution in [0.1, 0.15) is 80.4 Å². The Kier molecular flexibility index (Phi) is 15.4. The number of rotatable bonds is 14. The van der Waals surface area contributed by atoms with Crippen molar-refractivity contribution in [2.24, 2.45) is 7.05 Å². The van der Waals surface area contributed by atoms with Gasteiger partial charge in [-0.3, -0.25) is 19.3 Å². The van der Waals surface area contributed by atoms with E-state index in [1.807, 2.05) is 46.8 Å². The highest BCUT2D eigenvalue weighted by Crippen LogP contribution is 2.39. The van der Waals surface area contributed by atoms with E-state index in [4.69, 9.17) is 9.47 Å². The standard InChI is InChI=1S/C58H65F3N8O6/c1-37-49(57(73)69(44-11-13-47(70)14-12-44)53-30-45(33-62)68(38(53)2)58(60)61)32-54(63(37)3)50-27-40-16-19-66(55(71)29-41-10-15-48(31-52(41)59)75-25-22-64-20-23-74-24-21-64)34-43(40)28-51(50)56(72)67-35-42-9-5-4-8-39(42)26-46(67)36-65-17-6-7-18-65/h4-5,8-15,27-28,31-32,38,45-46,53,58,70H,6-7,16-26,29-30,34-36H2,1-3H3/t38?,45?,46-,53?/m0/s1. The summed E-state index contributed by atoms with van der Waals surface area (Å²) in [5.41, 5.74) is 7.10. The lowest BCUT2D eigenvalue weighted by atomic mass is 9.89. The Balaban J connectivity index is 0.985. The van der Waals surface area contributed by atoms with Gasteiger partial charge in [-0.15, -0.1) is 0 Å². The number of benzene rings is 4. The van der Waals surface area contributed by atoms with Crippen LogP contribution in [0.2, 0.25) is 0 Å². The van der Waals surface area contributed by atoms with E-state index in [0.29, 0.717) is 92.8 Å². The minimum atomic E-state index is -2.93. The molecule has 0 aliphatic carbocycles. The van der Waals surface area contributed by atoms with E-state index in [1.165, 1.54) is 28.7 Å². The number of phenols is 1. The van der Waals surface area contributed by atoms with Gasteiger partial charge < -0.3 is 38.7 Å². The smallest absolute Gasteiger partial charge is 0.296 e. The lowest BCUT2D eigenvalue weighted by Gasteiger charge is -2.39. The minimum absolute atomic E-state index is 0.0276. The molecular weight excluding hydrogens is 962 g/mol. The molecule has 5 aliphatic rings. The fourth-order valence-corrected chi connectivity index (χ4v) is 11.9. The Morgan fingerprint density at radius 2 is 1.63 bits per heavy atom. The molecule has 0 radical (unpaired) electrons. The number of likely N-dealkylation sites (tertiary alicyclic amines) is 2. The topological polar surface area (TPSA) is 138 Å². The molecule has 1 aromatic heterocycles. The first-order chi connectivity index (χ1) is 36.3. The number of aromatic nitrogens is 1. The second-order valence-electron chi connectivity index (χ2n) is 20.7. The molecule has 5 aliphatic heterocycles. The maximum atomic E-state index is 15.7. The first-order valence-electron chi connectivity index (χ1n) is 26.3. The predicted molar refractivity (Wildman–Crippen MR) is 277 cm³/mol. The van der Waals surface area contributed by atoms with Gasteiger partial charge in [-0.1, -0.05) is 30.3 Å². The van der Waals surface area contributed by atoms with Crippen LogP contribution in [0.15, 0.2) is 84.9 Å². The van der Waals surface area contributed by atoms with Crippen molar-refractivity contribution < 1.29 is 42.1 Å². The summed E-state index contributed by atoms with van der Waals surface area (Å²) in [5, 5.41) is 20.2. The molecule has 0 saturated carbocycles. The highest BCUT2D eigenvalue weighted by atomic mass is 19.3. The van der Waals surface area contributed by atoms with E-state index in [9.17, 15) is 23.9 Å². The molecule has 394 valence electrons. The molecule has 3 saturated heterocycles. The molecule has 3 unspecified atom stereocenters. The van der Waals surface area contributed by atoms with Crippen LogP contribution < -0.4 is 9.64 Å². The second-order valence-corrected chi connectivity index (χ2v) is 20.7. The zero-order chi connectivity index (χ0) is 52.5. The van der Waals surface area contributed by atoms with E-state index in [1.54, 1.807) is 49.1 Å². The third kappa shape index (κ3) is 10.8. The molecule has 0 bridgehead atoms. The van der Waals surface area contributed by atoms with E-state index in [2.05, 4.69) is 21.9 Å². The lowest BCUT2D eigenvalue weighted by Crippen LogP contribution is -2.49. The molecule has 3 amide bonds. The Morgan fingerprint density at radius 3 is 2.33 bits per heavy atom. The van der Waals surface area contributed by atoms with Crippen LogP contribution in [0, 0.1) is 24.1 Å². The van der Waals surface area contributed by atoms with Gasteiger partial charge in [0, 0.05) is 99.2 Å². The van der Waals surface area contributed by atoms with E-state index in [0.717, 1.165) is 60.6 Å². The molecule has 1 N–H and O–H groups in total. The van der Waals surface area contributed by atoms with Crippen molar-refractivity contribution >= 4 is 23.4 Å². The molecule has 14 nitrogen and oxygen atoms in total. The number of carbonyl (C=O) groups excluding carboxylic acids is 3. The van der Waals surface area contributed by atoms with Crippen molar-refractivity contribution in [3.8, 4) is 28.8 Å². The summed E-state index contributed by atoms with van der Waals surface area (Å²) < 4.78 is 57.8. The number of nitrogens with zero attached hydrogens (tertiary/aromatic N) is 8. The highest BCUT2D eigenvalue weighted by molar-refractivity contribution is 6.09.